The molecule has 1 N–H and O–H groups in total. The van der Waals surface area contributed by atoms with Crippen LogP contribution >= 0.6 is 0 Å². The number of para-hydroxylation sites is 1. The molecule has 2 aromatic rings. The quantitative estimate of drug-likeness (QED) is 0.724. The molecule has 0 aliphatic heterocycles. The maximum Gasteiger partial charge on any atom is 0.255 e. The SMILES string of the molecule is COc1cccc(C(=O)NCc2ccnc(OC(C)CC(C)C)c2)c1OC. The van der Waals surface area contributed by atoms with Gasteiger partial charge in [-0.1, -0.05) is 19.9 Å². The number of hydrogen-bond acceptors (Lipinski definition) is 5. The van der Waals surface area contributed by atoms with Crippen molar-refractivity contribution in [2.24, 2.45) is 5.92 Å². The summed E-state index contributed by atoms with van der Waals surface area (Å²) in [5.41, 5.74) is 1.33. The van der Waals surface area contributed by atoms with Crippen LogP contribution in [0, 0.1) is 5.92 Å². The number of carbonyl (C=O) groups excluding carboxylic acids is 1. The monoisotopic (exact) mass is 372 g/mol. The van der Waals surface area contributed by atoms with E-state index >= 15 is 0 Å². The van der Waals surface area contributed by atoms with E-state index in [0.29, 0.717) is 35.4 Å². The lowest BCUT2D eigenvalue weighted by Crippen LogP contribution is -2.23. The molecule has 27 heavy (non-hydrogen) atoms. The van der Waals surface area contributed by atoms with E-state index in [1.807, 2.05) is 19.1 Å². The van der Waals surface area contributed by atoms with Gasteiger partial charge in [0.05, 0.1) is 25.9 Å². The number of benzene rings is 1. The second-order valence-electron chi connectivity index (χ2n) is 6.78. The first-order valence-electron chi connectivity index (χ1n) is 9.05. The third kappa shape index (κ3) is 5.88. The van der Waals surface area contributed by atoms with Gasteiger partial charge in [0.15, 0.2) is 11.5 Å². The number of amides is 1. The molecule has 1 aromatic heterocycles. The molecule has 0 aliphatic rings. The Kier molecular flexibility index (Phi) is 7.46. The van der Waals surface area contributed by atoms with Crippen molar-refractivity contribution in [1.82, 2.24) is 10.3 Å². The molecule has 2 rings (SSSR count). The van der Waals surface area contributed by atoms with Crippen molar-refractivity contribution >= 4 is 5.91 Å². The van der Waals surface area contributed by atoms with Crippen LogP contribution in [-0.4, -0.2) is 31.2 Å². The summed E-state index contributed by atoms with van der Waals surface area (Å²) in [6, 6.07) is 8.90. The van der Waals surface area contributed by atoms with Gasteiger partial charge in [-0.15, -0.1) is 0 Å². The fraction of sp³-hybridized carbons (Fsp3) is 0.429. The first-order chi connectivity index (χ1) is 12.9. The minimum atomic E-state index is -0.238. The average molecular weight is 372 g/mol. The second-order valence-corrected chi connectivity index (χ2v) is 6.78. The predicted octanol–water partition coefficient (Wildman–Crippen LogP) is 3.84. The summed E-state index contributed by atoms with van der Waals surface area (Å²) in [7, 11) is 3.05. The minimum Gasteiger partial charge on any atom is -0.493 e. The molecule has 0 aliphatic carbocycles. The lowest BCUT2D eigenvalue weighted by molar-refractivity contribution is 0.0947. The van der Waals surface area contributed by atoms with E-state index in [4.69, 9.17) is 14.2 Å². The highest BCUT2D eigenvalue weighted by Gasteiger charge is 2.16. The van der Waals surface area contributed by atoms with Crippen molar-refractivity contribution in [3.8, 4) is 17.4 Å². The van der Waals surface area contributed by atoms with Gasteiger partial charge in [0, 0.05) is 18.8 Å². The summed E-state index contributed by atoms with van der Waals surface area (Å²) in [5, 5.41) is 2.90. The van der Waals surface area contributed by atoms with Crippen molar-refractivity contribution in [1.29, 1.82) is 0 Å². The van der Waals surface area contributed by atoms with E-state index in [1.165, 1.54) is 14.2 Å². The number of hydrogen-bond donors (Lipinski definition) is 1. The molecule has 0 saturated carbocycles. The first-order valence-corrected chi connectivity index (χ1v) is 9.05. The summed E-state index contributed by atoms with van der Waals surface area (Å²) in [5.74, 6) is 1.81. The van der Waals surface area contributed by atoms with Gasteiger partial charge in [0.25, 0.3) is 5.91 Å². The number of carbonyl (C=O) groups is 1. The van der Waals surface area contributed by atoms with Gasteiger partial charge < -0.3 is 19.5 Å². The molecule has 1 amide bonds. The summed E-state index contributed by atoms with van der Waals surface area (Å²) in [4.78, 5) is 16.8. The highest BCUT2D eigenvalue weighted by Crippen LogP contribution is 2.30. The normalized spacial score (nSPS) is 11.8. The Labute approximate surface area is 160 Å². The molecule has 146 valence electrons. The van der Waals surface area contributed by atoms with Crippen molar-refractivity contribution in [3.63, 3.8) is 0 Å². The molecule has 1 unspecified atom stereocenters. The number of nitrogens with one attached hydrogen (secondary N) is 1. The maximum absolute atomic E-state index is 12.6. The van der Waals surface area contributed by atoms with Gasteiger partial charge in [-0.25, -0.2) is 4.98 Å². The van der Waals surface area contributed by atoms with E-state index in [2.05, 4.69) is 24.1 Å². The fourth-order valence-electron chi connectivity index (χ4n) is 2.89. The van der Waals surface area contributed by atoms with E-state index < -0.39 is 0 Å². The third-order valence-electron chi connectivity index (χ3n) is 4.03. The number of ether oxygens (including phenoxy) is 3. The summed E-state index contributed by atoms with van der Waals surface area (Å²) in [6.45, 7) is 6.71. The van der Waals surface area contributed by atoms with Gasteiger partial charge in [-0.2, -0.15) is 0 Å². The van der Waals surface area contributed by atoms with Gasteiger partial charge in [0.2, 0.25) is 5.88 Å². The molecule has 6 nitrogen and oxygen atoms in total. The zero-order valence-electron chi connectivity index (χ0n) is 16.6. The smallest absolute Gasteiger partial charge is 0.255 e. The van der Waals surface area contributed by atoms with Crippen molar-refractivity contribution in [3.05, 3.63) is 47.7 Å². The van der Waals surface area contributed by atoms with Crippen LogP contribution < -0.4 is 19.5 Å². The summed E-state index contributed by atoms with van der Waals surface area (Å²) >= 11 is 0. The fourth-order valence-corrected chi connectivity index (χ4v) is 2.89. The third-order valence-corrected chi connectivity index (χ3v) is 4.03. The lowest BCUT2D eigenvalue weighted by Gasteiger charge is -2.16. The Hall–Kier alpha value is -2.76. The molecular weight excluding hydrogens is 344 g/mol. The van der Waals surface area contributed by atoms with Crippen LogP contribution in [0.2, 0.25) is 0 Å². The second kappa shape index (κ2) is 9.80. The Bertz CT molecular complexity index is 762. The standard InChI is InChI=1S/C21H28N2O4/c1-14(2)11-15(3)27-19-12-16(9-10-22-19)13-23-21(24)17-7-6-8-18(25-4)20(17)26-5/h6-10,12,14-15H,11,13H2,1-5H3,(H,23,24). The average Bonchev–Trinajstić information content (AvgIpc) is 2.64. The van der Waals surface area contributed by atoms with Crippen LogP contribution in [0.4, 0.5) is 0 Å². The molecule has 0 bridgehead atoms. The van der Waals surface area contributed by atoms with Crippen LogP contribution in [0.5, 0.6) is 17.4 Å². The van der Waals surface area contributed by atoms with E-state index in [1.54, 1.807) is 24.4 Å². The summed E-state index contributed by atoms with van der Waals surface area (Å²) < 4.78 is 16.4. The van der Waals surface area contributed by atoms with Crippen LogP contribution in [0.3, 0.4) is 0 Å². The van der Waals surface area contributed by atoms with Crippen LogP contribution in [0.25, 0.3) is 0 Å². The number of pyridine rings is 1. The Morgan fingerprint density at radius 1 is 1.15 bits per heavy atom. The molecule has 1 aromatic carbocycles. The number of rotatable bonds is 9. The van der Waals surface area contributed by atoms with Crippen molar-refractivity contribution in [2.75, 3.05) is 14.2 Å². The van der Waals surface area contributed by atoms with E-state index in [0.717, 1.165) is 12.0 Å². The first kappa shape index (κ1) is 20.6. The number of nitrogens with zero attached hydrogens (tertiary/aromatic N) is 1. The summed E-state index contributed by atoms with van der Waals surface area (Å²) in [6.07, 6.45) is 2.73. The topological polar surface area (TPSA) is 69.7 Å². The van der Waals surface area contributed by atoms with Gasteiger partial charge in [-0.05, 0) is 43.0 Å². The Balaban J connectivity index is 2.03. The Morgan fingerprint density at radius 3 is 2.59 bits per heavy atom. The molecule has 6 heteroatoms. The van der Waals surface area contributed by atoms with E-state index in [-0.39, 0.29) is 12.0 Å². The zero-order valence-corrected chi connectivity index (χ0v) is 16.6. The largest absolute Gasteiger partial charge is 0.493 e. The van der Waals surface area contributed by atoms with Crippen LogP contribution in [0.15, 0.2) is 36.5 Å². The predicted molar refractivity (Wildman–Crippen MR) is 104 cm³/mol. The van der Waals surface area contributed by atoms with Crippen LogP contribution in [-0.2, 0) is 6.54 Å². The molecule has 0 radical (unpaired) electrons. The van der Waals surface area contributed by atoms with Gasteiger partial charge in [-0.3, -0.25) is 4.79 Å². The zero-order chi connectivity index (χ0) is 19.8. The lowest BCUT2D eigenvalue weighted by atomic mass is 10.1. The minimum absolute atomic E-state index is 0.0865. The molecule has 1 atom stereocenters. The maximum atomic E-state index is 12.6. The molecule has 0 fully saturated rings. The highest BCUT2D eigenvalue weighted by atomic mass is 16.5. The number of methoxy groups -OCH3 is 2. The van der Waals surface area contributed by atoms with Crippen molar-refractivity contribution < 1.29 is 19.0 Å². The highest BCUT2D eigenvalue weighted by molar-refractivity contribution is 5.97. The van der Waals surface area contributed by atoms with E-state index in [9.17, 15) is 4.79 Å². The molecule has 1 heterocycles. The Morgan fingerprint density at radius 2 is 1.93 bits per heavy atom. The van der Waals surface area contributed by atoms with Gasteiger partial charge >= 0.3 is 0 Å². The van der Waals surface area contributed by atoms with Gasteiger partial charge in [0.1, 0.15) is 0 Å². The van der Waals surface area contributed by atoms with Crippen molar-refractivity contribution in [2.45, 2.75) is 39.8 Å². The number of aromatic nitrogens is 1. The molecular formula is C21H28N2O4. The molecule has 0 saturated heterocycles. The van der Waals surface area contributed by atoms with Crippen LogP contribution in [0.1, 0.15) is 43.1 Å². The molecule has 0 spiro atoms.